The molecule has 94 valence electrons. The van der Waals surface area contributed by atoms with Gasteiger partial charge in [0.2, 0.25) is 0 Å². The molecule has 0 saturated carbocycles. The summed E-state index contributed by atoms with van der Waals surface area (Å²) < 4.78 is 5.81. The summed E-state index contributed by atoms with van der Waals surface area (Å²) in [4.78, 5) is 0. The third-order valence-electron chi connectivity index (χ3n) is 3.55. The van der Waals surface area contributed by atoms with Gasteiger partial charge in [-0.15, -0.1) is 0 Å². The van der Waals surface area contributed by atoms with E-state index in [-0.39, 0.29) is 6.04 Å². The van der Waals surface area contributed by atoms with Crippen LogP contribution >= 0.6 is 11.3 Å². The van der Waals surface area contributed by atoms with Crippen LogP contribution in [-0.4, -0.2) is 13.7 Å². The van der Waals surface area contributed by atoms with Crippen molar-refractivity contribution in [2.75, 3.05) is 13.7 Å². The first kappa shape index (κ1) is 11.8. The third kappa shape index (κ3) is 1.84. The third-order valence-corrected chi connectivity index (χ3v) is 4.43. The predicted octanol–water partition coefficient (Wildman–Crippen LogP) is 3.30. The Balaban J connectivity index is 2.08. The van der Waals surface area contributed by atoms with Gasteiger partial charge >= 0.3 is 0 Å². The number of benzene rings is 1. The average molecular weight is 259 g/mol. The zero-order chi connectivity index (χ0) is 12.5. The zero-order valence-electron chi connectivity index (χ0n) is 10.7. The van der Waals surface area contributed by atoms with Gasteiger partial charge in [-0.1, -0.05) is 18.2 Å². The van der Waals surface area contributed by atoms with Crippen molar-refractivity contribution in [3.8, 4) is 5.75 Å². The fourth-order valence-electron chi connectivity index (χ4n) is 2.61. The standard InChI is InChI=1S/C15H17NOS/c1-10-8-18-9-13(10)14(16-2)12-5-3-4-11-6-7-17-15(11)12/h3-5,8-9,14,16H,6-7H2,1-2H3. The number of ether oxygens (including phenoxy) is 1. The van der Waals surface area contributed by atoms with E-state index in [1.54, 1.807) is 11.3 Å². The van der Waals surface area contributed by atoms with Crippen LogP contribution in [0.4, 0.5) is 0 Å². The van der Waals surface area contributed by atoms with Crippen LogP contribution in [0.2, 0.25) is 0 Å². The SMILES string of the molecule is CNC(c1cscc1C)c1cccc2c1OCC2. The Kier molecular flexibility index (Phi) is 3.10. The molecule has 18 heavy (non-hydrogen) atoms. The number of fused-ring (bicyclic) bond motifs is 1. The van der Waals surface area contributed by atoms with Crippen LogP contribution in [0.15, 0.2) is 29.0 Å². The minimum absolute atomic E-state index is 0.226. The van der Waals surface area contributed by atoms with Gasteiger partial charge in [0.15, 0.2) is 0 Å². The van der Waals surface area contributed by atoms with Crippen molar-refractivity contribution in [3.05, 3.63) is 51.2 Å². The smallest absolute Gasteiger partial charge is 0.127 e. The van der Waals surface area contributed by atoms with E-state index in [0.717, 1.165) is 18.8 Å². The maximum Gasteiger partial charge on any atom is 0.127 e. The molecule has 1 aliphatic heterocycles. The second-order valence-electron chi connectivity index (χ2n) is 4.67. The van der Waals surface area contributed by atoms with E-state index in [1.165, 1.54) is 22.3 Å². The molecule has 0 amide bonds. The van der Waals surface area contributed by atoms with Crippen molar-refractivity contribution >= 4 is 11.3 Å². The van der Waals surface area contributed by atoms with Gasteiger partial charge in [0.05, 0.1) is 12.6 Å². The van der Waals surface area contributed by atoms with Gasteiger partial charge in [0.1, 0.15) is 5.75 Å². The fourth-order valence-corrected chi connectivity index (χ4v) is 3.49. The van der Waals surface area contributed by atoms with E-state index in [1.807, 2.05) is 7.05 Å². The van der Waals surface area contributed by atoms with Gasteiger partial charge in [0.25, 0.3) is 0 Å². The van der Waals surface area contributed by atoms with Crippen LogP contribution in [0, 0.1) is 6.92 Å². The molecule has 3 rings (SSSR count). The number of nitrogens with one attached hydrogen (secondary N) is 1. The van der Waals surface area contributed by atoms with Crippen LogP contribution in [0.1, 0.15) is 28.3 Å². The summed E-state index contributed by atoms with van der Waals surface area (Å²) in [6.07, 6.45) is 1.03. The van der Waals surface area contributed by atoms with Gasteiger partial charge in [-0.05, 0) is 41.4 Å². The Hall–Kier alpha value is -1.32. The van der Waals surface area contributed by atoms with Crippen molar-refractivity contribution < 1.29 is 4.74 Å². The van der Waals surface area contributed by atoms with E-state index in [2.05, 4.69) is 41.2 Å². The van der Waals surface area contributed by atoms with Gasteiger partial charge in [-0.2, -0.15) is 11.3 Å². The molecular weight excluding hydrogens is 242 g/mol. The second kappa shape index (κ2) is 4.75. The largest absolute Gasteiger partial charge is 0.493 e. The van der Waals surface area contributed by atoms with E-state index in [9.17, 15) is 0 Å². The Morgan fingerprint density at radius 1 is 1.28 bits per heavy atom. The Labute approximate surface area is 112 Å². The minimum atomic E-state index is 0.226. The highest BCUT2D eigenvalue weighted by atomic mass is 32.1. The summed E-state index contributed by atoms with van der Waals surface area (Å²) in [6.45, 7) is 2.98. The first-order valence-electron chi connectivity index (χ1n) is 6.26. The molecule has 0 saturated heterocycles. The molecule has 3 heteroatoms. The van der Waals surface area contributed by atoms with Crippen LogP contribution in [0.5, 0.6) is 5.75 Å². The summed E-state index contributed by atoms with van der Waals surface area (Å²) in [7, 11) is 2.01. The molecule has 1 atom stereocenters. The maximum atomic E-state index is 5.81. The maximum absolute atomic E-state index is 5.81. The molecule has 1 aromatic carbocycles. The quantitative estimate of drug-likeness (QED) is 0.913. The molecule has 0 spiro atoms. The highest BCUT2D eigenvalue weighted by Crippen LogP contribution is 2.37. The highest BCUT2D eigenvalue weighted by molar-refractivity contribution is 7.08. The summed E-state index contributed by atoms with van der Waals surface area (Å²) in [5.74, 6) is 1.09. The summed E-state index contributed by atoms with van der Waals surface area (Å²) >= 11 is 1.76. The molecule has 0 bridgehead atoms. The molecule has 2 nitrogen and oxygen atoms in total. The zero-order valence-corrected chi connectivity index (χ0v) is 11.5. The number of rotatable bonds is 3. The van der Waals surface area contributed by atoms with E-state index >= 15 is 0 Å². The lowest BCUT2D eigenvalue weighted by molar-refractivity contribution is 0.351. The normalized spacial score (nSPS) is 15.2. The molecule has 2 aromatic rings. The number of hydrogen-bond acceptors (Lipinski definition) is 3. The van der Waals surface area contributed by atoms with Crippen molar-refractivity contribution in [1.82, 2.24) is 5.32 Å². The van der Waals surface area contributed by atoms with Gasteiger partial charge in [-0.25, -0.2) is 0 Å². The Morgan fingerprint density at radius 3 is 2.89 bits per heavy atom. The highest BCUT2D eigenvalue weighted by Gasteiger charge is 2.23. The monoisotopic (exact) mass is 259 g/mol. The number of hydrogen-bond donors (Lipinski definition) is 1. The molecule has 1 N–H and O–H groups in total. The van der Waals surface area contributed by atoms with E-state index in [4.69, 9.17) is 4.74 Å². The molecule has 0 fully saturated rings. The van der Waals surface area contributed by atoms with Crippen LogP contribution in [0.25, 0.3) is 0 Å². The van der Waals surface area contributed by atoms with Crippen molar-refractivity contribution in [1.29, 1.82) is 0 Å². The molecule has 1 unspecified atom stereocenters. The Bertz CT molecular complexity index is 561. The fraction of sp³-hybridized carbons (Fsp3) is 0.333. The van der Waals surface area contributed by atoms with Gasteiger partial charge < -0.3 is 10.1 Å². The van der Waals surface area contributed by atoms with Gasteiger partial charge in [0, 0.05) is 12.0 Å². The molecule has 0 radical (unpaired) electrons. The van der Waals surface area contributed by atoms with Crippen LogP contribution < -0.4 is 10.1 Å². The van der Waals surface area contributed by atoms with Crippen molar-refractivity contribution in [2.24, 2.45) is 0 Å². The molecule has 2 heterocycles. The number of para-hydroxylation sites is 1. The molecule has 1 aliphatic rings. The first-order chi connectivity index (χ1) is 8.81. The average Bonchev–Trinajstić information content (AvgIpc) is 3.00. The lowest BCUT2D eigenvalue weighted by Gasteiger charge is -2.19. The number of aryl methyl sites for hydroxylation is 1. The van der Waals surface area contributed by atoms with E-state index in [0.29, 0.717) is 0 Å². The van der Waals surface area contributed by atoms with Crippen LogP contribution in [0.3, 0.4) is 0 Å². The first-order valence-corrected chi connectivity index (χ1v) is 7.20. The predicted molar refractivity (Wildman–Crippen MR) is 75.6 cm³/mol. The Morgan fingerprint density at radius 2 is 2.17 bits per heavy atom. The molecule has 0 aliphatic carbocycles. The topological polar surface area (TPSA) is 21.3 Å². The van der Waals surface area contributed by atoms with Crippen molar-refractivity contribution in [2.45, 2.75) is 19.4 Å². The molecule has 1 aromatic heterocycles. The van der Waals surface area contributed by atoms with Gasteiger partial charge in [-0.3, -0.25) is 0 Å². The summed E-state index contributed by atoms with van der Waals surface area (Å²) in [5, 5.41) is 7.84. The van der Waals surface area contributed by atoms with E-state index < -0.39 is 0 Å². The van der Waals surface area contributed by atoms with Crippen molar-refractivity contribution in [3.63, 3.8) is 0 Å². The lowest BCUT2D eigenvalue weighted by Crippen LogP contribution is -2.18. The minimum Gasteiger partial charge on any atom is -0.493 e. The summed E-state index contributed by atoms with van der Waals surface area (Å²) in [6, 6.07) is 6.69. The number of thiophene rings is 1. The van der Waals surface area contributed by atoms with Crippen LogP contribution in [-0.2, 0) is 6.42 Å². The summed E-state index contributed by atoms with van der Waals surface area (Å²) in [5.41, 5.74) is 5.29. The lowest BCUT2D eigenvalue weighted by atomic mass is 9.96. The second-order valence-corrected chi connectivity index (χ2v) is 5.41. The molecular formula is C15H17NOS.